The number of carbonyl (C=O) groups is 2. The van der Waals surface area contributed by atoms with Crippen molar-refractivity contribution in [3.05, 3.63) is 35.9 Å². The zero-order valence-corrected chi connectivity index (χ0v) is 13.9. The summed E-state index contributed by atoms with van der Waals surface area (Å²) in [5, 5.41) is 0. The molecule has 1 unspecified atom stereocenters. The van der Waals surface area contributed by atoms with Crippen LogP contribution in [0.3, 0.4) is 0 Å². The average Bonchev–Trinajstić information content (AvgIpc) is 2.52. The van der Waals surface area contributed by atoms with Gasteiger partial charge in [-0.1, -0.05) is 44.2 Å². The van der Waals surface area contributed by atoms with Crippen LogP contribution in [0, 0.1) is 5.41 Å². The van der Waals surface area contributed by atoms with Gasteiger partial charge in [-0.25, -0.2) is 0 Å². The van der Waals surface area contributed by atoms with Crippen molar-refractivity contribution < 1.29 is 19.1 Å². The second-order valence-corrected chi connectivity index (χ2v) is 5.42. The molecular formula is C18H26O4. The Bertz CT molecular complexity index is 477. The Labute approximate surface area is 132 Å². The first-order valence-electron chi connectivity index (χ1n) is 7.88. The van der Waals surface area contributed by atoms with Gasteiger partial charge in [0.15, 0.2) is 0 Å². The molecule has 0 saturated carbocycles. The summed E-state index contributed by atoms with van der Waals surface area (Å²) in [6.45, 7) is 7.48. The molecule has 4 heteroatoms. The van der Waals surface area contributed by atoms with Gasteiger partial charge in [-0.05, 0) is 25.3 Å². The topological polar surface area (TPSA) is 52.6 Å². The quantitative estimate of drug-likeness (QED) is 0.680. The van der Waals surface area contributed by atoms with E-state index in [1.165, 1.54) is 6.92 Å². The van der Waals surface area contributed by atoms with Gasteiger partial charge in [-0.15, -0.1) is 0 Å². The predicted molar refractivity (Wildman–Crippen MR) is 85.2 cm³/mol. The SMILES string of the molecule is CCOC(=O)C(CC)(CC)CC(OC(C)=O)c1ccccc1. The lowest BCUT2D eigenvalue weighted by molar-refractivity contribution is -0.162. The standard InChI is InChI=1S/C18H26O4/c1-5-18(6-2,17(20)21-7-3)13-16(22-14(4)19)15-11-9-8-10-12-15/h8-12,16H,5-7,13H2,1-4H3. The molecule has 0 spiro atoms. The molecule has 0 aromatic heterocycles. The van der Waals surface area contributed by atoms with E-state index >= 15 is 0 Å². The molecule has 0 saturated heterocycles. The molecule has 22 heavy (non-hydrogen) atoms. The number of hydrogen-bond donors (Lipinski definition) is 0. The number of benzene rings is 1. The fourth-order valence-electron chi connectivity index (χ4n) is 2.65. The number of rotatable bonds is 8. The number of ether oxygens (including phenoxy) is 2. The Morgan fingerprint density at radius 1 is 1.09 bits per heavy atom. The van der Waals surface area contributed by atoms with Gasteiger partial charge in [0.1, 0.15) is 6.10 Å². The molecule has 1 aromatic rings. The first-order valence-corrected chi connectivity index (χ1v) is 7.88. The average molecular weight is 306 g/mol. The molecule has 0 N–H and O–H groups in total. The van der Waals surface area contributed by atoms with Crippen molar-refractivity contribution in [3.63, 3.8) is 0 Å². The van der Waals surface area contributed by atoms with Gasteiger partial charge >= 0.3 is 11.9 Å². The summed E-state index contributed by atoms with van der Waals surface area (Å²) in [7, 11) is 0. The van der Waals surface area contributed by atoms with Crippen molar-refractivity contribution in [2.75, 3.05) is 6.61 Å². The first-order chi connectivity index (χ1) is 10.5. The summed E-state index contributed by atoms with van der Waals surface area (Å²) in [4.78, 5) is 23.9. The normalized spacial score (nSPS) is 12.5. The van der Waals surface area contributed by atoms with Crippen LogP contribution < -0.4 is 0 Å². The minimum Gasteiger partial charge on any atom is -0.466 e. The van der Waals surface area contributed by atoms with E-state index in [4.69, 9.17) is 9.47 Å². The predicted octanol–water partition coefficient (Wildman–Crippen LogP) is 4.05. The van der Waals surface area contributed by atoms with Crippen molar-refractivity contribution in [1.29, 1.82) is 0 Å². The van der Waals surface area contributed by atoms with Gasteiger partial charge in [0.05, 0.1) is 12.0 Å². The van der Waals surface area contributed by atoms with E-state index in [0.29, 0.717) is 25.9 Å². The molecule has 1 aromatic carbocycles. The van der Waals surface area contributed by atoms with E-state index < -0.39 is 11.5 Å². The van der Waals surface area contributed by atoms with Gasteiger partial charge in [0.25, 0.3) is 0 Å². The van der Waals surface area contributed by atoms with Crippen molar-refractivity contribution in [1.82, 2.24) is 0 Å². The lowest BCUT2D eigenvalue weighted by Gasteiger charge is -2.32. The summed E-state index contributed by atoms with van der Waals surface area (Å²) in [5.74, 6) is -0.563. The highest BCUT2D eigenvalue weighted by Crippen LogP contribution is 2.39. The third-order valence-electron chi connectivity index (χ3n) is 4.12. The Kier molecular flexibility index (Phi) is 7.09. The van der Waals surface area contributed by atoms with Crippen LogP contribution in [-0.4, -0.2) is 18.5 Å². The Hall–Kier alpha value is -1.84. The monoisotopic (exact) mass is 306 g/mol. The van der Waals surface area contributed by atoms with Crippen LogP contribution >= 0.6 is 0 Å². The van der Waals surface area contributed by atoms with Gasteiger partial charge < -0.3 is 9.47 Å². The third kappa shape index (κ3) is 4.58. The summed E-state index contributed by atoms with van der Waals surface area (Å²) >= 11 is 0. The second kappa shape index (κ2) is 8.57. The Balaban J connectivity index is 3.08. The van der Waals surface area contributed by atoms with E-state index in [1.807, 2.05) is 44.2 Å². The van der Waals surface area contributed by atoms with Crippen LogP contribution in [0.15, 0.2) is 30.3 Å². The van der Waals surface area contributed by atoms with Crippen molar-refractivity contribution in [2.45, 2.75) is 53.1 Å². The van der Waals surface area contributed by atoms with Crippen LogP contribution in [0.1, 0.15) is 58.6 Å². The molecule has 0 radical (unpaired) electrons. The van der Waals surface area contributed by atoms with Crippen LogP contribution in [0.25, 0.3) is 0 Å². The lowest BCUT2D eigenvalue weighted by atomic mass is 9.76. The molecule has 0 aliphatic rings. The Morgan fingerprint density at radius 3 is 2.14 bits per heavy atom. The summed E-state index contributed by atoms with van der Waals surface area (Å²) < 4.78 is 10.7. The highest BCUT2D eigenvalue weighted by atomic mass is 16.5. The fraction of sp³-hybridized carbons (Fsp3) is 0.556. The highest BCUT2D eigenvalue weighted by Gasteiger charge is 2.40. The molecule has 122 valence electrons. The van der Waals surface area contributed by atoms with E-state index in [-0.39, 0.29) is 11.9 Å². The second-order valence-electron chi connectivity index (χ2n) is 5.42. The highest BCUT2D eigenvalue weighted by molar-refractivity contribution is 5.77. The van der Waals surface area contributed by atoms with Gasteiger partial charge in [0, 0.05) is 13.3 Å². The molecular weight excluding hydrogens is 280 g/mol. The fourth-order valence-corrected chi connectivity index (χ4v) is 2.65. The van der Waals surface area contributed by atoms with E-state index in [0.717, 1.165) is 5.56 Å². The molecule has 1 atom stereocenters. The third-order valence-corrected chi connectivity index (χ3v) is 4.12. The zero-order valence-electron chi connectivity index (χ0n) is 13.9. The molecule has 0 fully saturated rings. The maximum atomic E-state index is 12.4. The lowest BCUT2D eigenvalue weighted by Crippen LogP contribution is -2.34. The van der Waals surface area contributed by atoms with Crippen LogP contribution in [-0.2, 0) is 19.1 Å². The summed E-state index contributed by atoms with van der Waals surface area (Å²) in [6.07, 6.45) is 1.28. The maximum absolute atomic E-state index is 12.4. The maximum Gasteiger partial charge on any atom is 0.312 e. The minimum atomic E-state index is -0.633. The molecule has 1 rings (SSSR count). The van der Waals surface area contributed by atoms with Crippen LogP contribution in [0.2, 0.25) is 0 Å². The molecule has 0 heterocycles. The van der Waals surface area contributed by atoms with Gasteiger partial charge in [-0.2, -0.15) is 0 Å². The first kappa shape index (κ1) is 18.2. The van der Waals surface area contributed by atoms with Crippen molar-refractivity contribution >= 4 is 11.9 Å². The van der Waals surface area contributed by atoms with Crippen LogP contribution in [0.5, 0.6) is 0 Å². The summed E-state index contributed by atoms with van der Waals surface area (Å²) in [6, 6.07) is 9.53. The smallest absolute Gasteiger partial charge is 0.312 e. The van der Waals surface area contributed by atoms with E-state index in [9.17, 15) is 9.59 Å². The summed E-state index contributed by atoms with van der Waals surface area (Å²) in [5.41, 5.74) is 0.264. The van der Waals surface area contributed by atoms with Crippen molar-refractivity contribution in [3.8, 4) is 0 Å². The molecule has 0 aliphatic heterocycles. The van der Waals surface area contributed by atoms with Crippen LogP contribution in [0.4, 0.5) is 0 Å². The number of carbonyl (C=O) groups excluding carboxylic acids is 2. The minimum absolute atomic E-state index is 0.215. The molecule has 0 bridgehead atoms. The van der Waals surface area contributed by atoms with Gasteiger partial charge in [0.2, 0.25) is 0 Å². The zero-order chi connectivity index (χ0) is 16.6. The van der Waals surface area contributed by atoms with E-state index in [2.05, 4.69) is 0 Å². The van der Waals surface area contributed by atoms with Crippen molar-refractivity contribution in [2.24, 2.45) is 5.41 Å². The molecule has 0 aliphatic carbocycles. The number of hydrogen-bond acceptors (Lipinski definition) is 4. The largest absolute Gasteiger partial charge is 0.466 e. The molecule has 4 nitrogen and oxygen atoms in total. The Morgan fingerprint density at radius 2 is 1.68 bits per heavy atom. The number of esters is 2. The van der Waals surface area contributed by atoms with E-state index in [1.54, 1.807) is 6.92 Å². The molecule has 0 amide bonds. The van der Waals surface area contributed by atoms with Gasteiger partial charge in [-0.3, -0.25) is 9.59 Å².